The third-order valence-corrected chi connectivity index (χ3v) is 3.80. The maximum Gasteiger partial charge on any atom is 0.251 e. The van der Waals surface area contributed by atoms with Crippen LogP contribution in [0.2, 0.25) is 0 Å². The lowest BCUT2D eigenvalue weighted by atomic mass is 10.0. The number of hydrogen-bond donors (Lipinski definition) is 0. The smallest absolute Gasteiger partial charge is 0.251 e. The fraction of sp³-hybridized carbons (Fsp3) is 0.176. The molecule has 1 atom stereocenters. The van der Waals surface area contributed by atoms with E-state index in [2.05, 4.69) is 16.8 Å². The van der Waals surface area contributed by atoms with E-state index in [4.69, 9.17) is 20.8 Å². The van der Waals surface area contributed by atoms with Crippen LogP contribution in [0.5, 0.6) is 5.75 Å². The van der Waals surface area contributed by atoms with Gasteiger partial charge in [0.15, 0.2) is 0 Å². The molecule has 1 unspecified atom stereocenters. The second kappa shape index (κ2) is 6.30. The van der Waals surface area contributed by atoms with Gasteiger partial charge in [0.2, 0.25) is 6.39 Å². The molecule has 23 heavy (non-hydrogen) atoms. The molecular weight excluding hydrogens is 314 g/mol. The highest BCUT2D eigenvalue weighted by Crippen LogP contribution is 2.32. The molecule has 0 radical (unpaired) electrons. The summed E-state index contributed by atoms with van der Waals surface area (Å²) >= 11 is 6.14. The number of nitrogens with zero attached hydrogens (tertiary/aromatic N) is 3. The first-order valence-electron chi connectivity index (χ1n) is 7.09. The third-order valence-electron chi connectivity index (χ3n) is 3.59. The number of allylic oxidation sites excluding steroid dienone is 2. The summed E-state index contributed by atoms with van der Waals surface area (Å²) in [6.07, 6.45) is 4.73. The summed E-state index contributed by atoms with van der Waals surface area (Å²) in [4.78, 5) is 1.88. The fourth-order valence-corrected chi connectivity index (χ4v) is 2.64. The standard InChI is InChI=1S/C17H16ClN3O2/c1-11-15(8-13(18)9-21(11)3)12(2)23-16-7-5-4-6-14(16)17-20-19-10-22-17/h4-10,12H,1H2,2-3H3. The quantitative estimate of drug-likeness (QED) is 0.849. The number of rotatable bonds is 4. The van der Waals surface area contributed by atoms with Gasteiger partial charge in [-0.3, -0.25) is 0 Å². The van der Waals surface area contributed by atoms with E-state index >= 15 is 0 Å². The number of para-hydroxylation sites is 1. The fourth-order valence-electron chi connectivity index (χ4n) is 2.38. The Balaban J connectivity index is 1.88. The average Bonchev–Trinajstić information content (AvgIpc) is 3.05. The van der Waals surface area contributed by atoms with Gasteiger partial charge in [-0.25, -0.2) is 0 Å². The van der Waals surface area contributed by atoms with Crippen LogP contribution < -0.4 is 4.74 Å². The zero-order valence-corrected chi connectivity index (χ0v) is 13.6. The van der Waals surface area contributed by atoms with Gasteiger partial charge in [-0.2, -0.15) is 0 Å². The predicted molar refractivity (Wildman–Crippen MR) is 88.7 cm³/mol. The molecule has 0 saturated carbocycles. The number of benzene rings is 1. The van der Waals surface area contributed by atoms with E-state index in [0.717, 1.165) is 16.8 Å². The van der Waals surface area contributed by atoms with Crippen molar-refractivity contribution in [1.29, 1.82) is 0 Å². The number of hydrogen-bond acceptors (Lipinski definition) is 5. The van der Waals surface area contributed by atoms with E-state index in [9.17, 15) is 0 Å². The van der Waals surface area contributed by atoms with Crippen LogP contribution >= 0.6 is 11.6 Å². The zero-order valence-electron chi connectivity index (χ0n) is 12.9. The van der Waals surface area contributed by atoms with Gasteiger partial charge in [-0.1, -0.05) is 30.3 Å². The minimum Gasteiger partial charge on any atom is -0.485 e. The zero-order chi connectivity index (χ0) is 16.4. The van der Waals surface area contributed by atoms with Gasteiger partial charge in [0, 0.05) is 24.5 Å². The highest BCUT2D eigenvalue weighted by molar-refractivity contribution is 6.31. The molecule has 0 N–H and O–H groups in total. The van der Waals surface area contributed by atoms with Crippen molar-refractivity contribution in [3.63, 3.8) is 0 Å². The highest BCUT2D eigenvalue weighted by Gasteiger charge is 2.21. The minimum atomic E-state index is -0.239. The van der Waals surface area contributed by atoms with E-state index < -0.39 is 0 Å². The van der Waals surface area contributed by atoms with Gasteiger partial charge < -0.3 is 14.1 Å². The largest absolute Gasteiger partial charge is 0.485 e. The Morgan fingerprint density at radius 2 is 2.13 bits per heavy atom. The van der Waals surface area contributed by atoms with Crippen LogP contribution in [0.15, 0.2) is 70.2 Å². The van der Waals surface area contributed by atoms with E-state index in [1.165, 1.54) is 6.39 Å². The molecule has 0 amide bonds. The number of ether oxygens (including phenoxy) is 1. The van der Waals surface area contributed by atoms with Crippen molar-refractivity contribution >= 4 is 11.6 Å². The van der Waals surface area contributed by atoms with Crippen LogP contribution in [0.4, 0.5) is 0 Å². The molecule has 0 bridgehead atoms. The Hall–Kier alpha value is -2.53. The highest BCUT2D eigenvalue weighted by atomic mass is 35.5. The molecule has 0 fully saturated rings. The molecule has 1 aromatic carbocycles. The molecule has 0 spiro atoms. The summed E-state index contributed by atoms with van der Waals surface area (Å²) in [6, 6.07) is 7.52. The first-order valence-corrected chi connectivity index (χ1v) is 7.47. The van der Waals surface area contributed by atoms with Crippen molar-refractivity contribution in [2.45, 2.75) is 13.0 Å². The third kappa shape index (κ3) is 3.14. The summed E-state index contributed by atoms with van der Waals surface area (Å²) in [5.74, 6) is 1.07. The van der Waals surface area contributed by atoms with E-state index in [-0.39, 0.29) is 6.10 Å². The molecule has 1 aliphatic rings. The molecule has 1 aliphatic heterocycles. The van der Waals surface area contributed by atoms with Gasteiger partial charge in [-0.05, 0) is 25.1 Å². The maximum atomic E-state index is 6.14. The summed E-state index contributed by atoms with van der Waals surface area (Å²) in [6.45, 7) is 6.03. The van der Waals surface area contributed by atoms with Gasteiger partial charge in [-0.15, -0.1) is 10.2 Å². The van der Waals surface area contributed by atoms with Crippen LogP contribution in [0.25, 0.3) is 11.5 Å². The van der Waals surface area contributed by atoms with Crippen molar-refractivity contribution in [1.82, 2.24) is 15.1 Å². The van der Waals surface area contributed by atoms with Crippen molar-refractivity contribution in [3.05, 3.63) is 65.8 Å². The molecule has 0 saturated heterocycles. The summed E-state index contributed by atoms with van der Waals surface area (Å²) in [7, 11) is 1.90. The SMILES string of the molecule is C=C1C(C(C)Oc2ccccc2-c2nnco2)=CC(Cl)=CN1C. The van der Waals surface area contributed by atoms with Gasteiger partial charge in [0.25, 0.3) is 5.89 Å². The molecule has 2 heterocycles. The van der Waals surface area contributed by atoms with Crippen LogP contribution in [0.3, 0.4) is 0 Å². The molecule has 2 aromatic rings. The van der Waals surface area contributed by atoms with Crippen molar-refractivity contribution < 1.29 is 9.15 Å². The summed E-state index contributed by atoms with van der Waals surface area (Å²) in [5, 5.41) is 8.28. The molecule has 6 heteroatoms. The number of aromatic nitrogens is 2. The van der Waals surface area contributed by atoms with Gasteiger partial charge in [0.05, 0.1) is 10.6 Å². The number of likely N-dealkylation sites (N-methyl/N-ethyl adjacent to an activating group) is 1. The van der Waals surface area contributed by atoms with Crippen LogP contribution in [0, 0.1) is 0 Å². The second-order valence-corrected chi connectivity index (χ2v) is 5.61. The van der Waals surface area contributed by atoms with E-state index in [0.29, 0.717) is 16.7 Å². The Bertz CT molecular complexity index is 781. The Kier molecular flexibility index (Phi) is 4.21. The summed E-state index contributed by atoms with van der Waals surface area (Å²) in [5.41, 5.74) is 2.51. The van der Waals surface area contributed by atoms with Crippen molar-refractivity contribution in [2.24, 2.45) is 0 Å². The van der Waals surface area contributed by atoms with E-state index in [1.807, 2.05) is 55.4 Å². The predicted octanol–water partition coefficient (Wildman–Crippen LogP) is 3.97. The Labute approximate surface area is 139 Å². The van der Waals surface area contributed by atoms with Crippen LogP contribution in [-0.2, 0) is 0 Å². The minimum absolute atomic E-state index is 0.239. The lowest BCUT2D eigenvalue weighted by Gasteiger charge is -2.28. The second-order valence-electron chi connectivity index (χ2n) is 5.17. The Morgan fingerprint density at radius 3 is 2.87 bits per heavy atom. The topological polar surface area (TPSA) is 51.4 Å². The molecular formula is C17H16ClN3O2. The number of halogens is 1. The summed E-state index contributed by atoms with van der Waals surface area (Å²) < 4.78 is 11.4. The molecule has 1 aromatic heterocycles. The average molecular weight is 330 g/mol. The Morgan fingerprint density at radius 1 is 1.35 bits per heavy atom. The van der Waals surface area contributed by atoms with Crippen LogP contribution in [0.1, 0.15) is 6.92 Å². The normalized spacial score (nSPS) is 16.0. The van der Waals surface area contributed by atoms with Crippen LogP contribution in [-0.4, -0.2) is 28.2 Å². The molecule has 3 rings (SSSR count). The molecule has 0 aliphatic carbocycles. The molecule has 118 valence electrons. The first-order chi connectivity index (χ1) is 11.1. The monoisotopic (exact) mass is 329 g/mol. The maximum absolute atomic E-state index is 6.14. The molecule has 5 nitrogen and oxygen atoms in total. The first kappa shape index (κ1) is 15.4. The van der Waals surface area contributed by atoms with Gasteiger partial charge >= 0.3 is 0 Å². The van der Waals surface area contributed by atoms with Gasteiger partial charge in [0.1, 0.15) is 11.9 Å². The lowest BCUT2D eigenvalue weighted by molar-refractivity contribution is 0.255. The van der Waals surface area contributed by atoms with Crippen molar-refractivity contribution in [2.75, 3.05) is 7.05 Å². The van der Waals surface area contributed by atoms with Crippen molar-refractivity contribution in [3.8, 4) is 17.2 Å². The van der Waals surface area contributed by atoms with E-state index in [1.54, 1.807) is 0 Å². The lowest BCUT2D eigenvalue weighted by Crippen LogP contribution is -2.24.